The van der Waals surface area contributed by atoms with Crippen LogP contribution in [0, 0.1) is 30.0 Å². The number of nitrogens with one attached hydrogen (secondary N) is 2. The minimum Gasteiger partial charge on any atom is -0.444 e. The van der Waals surface area contributed by atoms with Crippen molar-refractivity contribution < 1.29 is 28.6 Å². The first kappa shape index (κ1) is 28.1. The molecule has 1 aromatic rings. The second kappa shape index (κ2) is 11.1. The quantitative estimate of drug-likeness (QED) is 0.564. The third kappa shape index (κ3) is 8.25. The number of aliphatic hydroxyl groups excluding tert-OH is 1. The van der Waals surface area contributed by atoms with Gasteiger partial charge in [-0.2, -0.15) is 0 Å². The highest BCUT2D eigenvalue weighted by Gasteiger charge is 2.44. The van der Waals surface area contributed by atoms with Gasteiger partial charge in [-0.15, -0.1) is 0 Å². The van der Waals surface area contributed by atoms with Gasteiger partial charge < -0.3 is 25.4 Å². The Kier molecular flexibility index (Phi) is 8.90. The average Bonchev–Trinajstić information content (AvgIpc) is 3.10. The molecule has 0 radical (unpaired) electrons. The minimum absolute atomic E-state index is 0.0170. The zero-order valence-corrected chi connectivity index (χ0v) is 21.5. The number of halogens is 1. The zero-order valence-electron chi connectivity index (χ0n) is 21.5. The Balaban J connectivity index is 2.10. The van der Waals surface area contributed by atoms with E-state index in [2.05, 4.69) is 22.5 Å². The number of carbonyl (C=O) groups excluding carboxylic acids is 3. The van der Waals surface area contributed by atoms with Crippen LogP contribution in [0.4, 0.5) is 9.18 Å². The standard InChI is InChI=1S/C26H36FN3O5/c1-16-13-18(27)11-10-17(16)9-8-12-28-22(32)20-14-19(31)15-30(20)23(33)21(25(2,3)4)29-24(34)35-26(5,6)7/h10-11,13,19-21,31H,12,14-15H2,1-7H3,(H,28,32)(H,29,34)/t19-,20+,21-/m1/s1. The third-order valence-corrected chi connectivity index (χ3v) is 5.40. The normalized spacial score (nSPS) is 18.8. The van der Waals surface area contributed by atoms with Crippen LogP contribution in [-0.4, -0.2) is 64.8 Å². The maximum absolute atomic E-state index is 13.4. The van der Waals surface area contributed by atoms with Crippen molar-refractivity contribution in [1.82, 2.24) is 15.5 Å². The van der Waals surface area contributed by atoms with E-state index < -0.39 is 47.1 Å². The summed E-state index contributed by atoms with van der Waals surface area (Å²) in [6, 6.07) is 2.38. The lowest BCUT2D eigenvalue weighted by molar-refractivity contribution is -0.142. The molecule has 2 rings (SSSR count). The molecule has 8 nitrogen and oxygen atoms in total. The predicted octanol–water partition coefficient (Wildman–Crippen LogP) is 2.50. The number of aryl methyl sites for hydroxylation is 1. The van der Waals surface area contributed by atoms with Crippen molar-refractivity contribution in [3.8, 4) is 11.8 Å². The number of benzene rings is 1. The maximum Gasteiger partial charge on any atom is 0.408 e. The summed E-state index contributed by atoms with van der Waals surface area (Å²) in [7, 11) is 0. The maximum atomic E-state index is 13.4. The molecule has 0 bridgehead atoms. The molecule has 1 saturated heterocycles. The number of nitrogens with zero attached hydrogens (tertiary/aromatic N) is 1. The second-order valence-corrected chi connectivity index (χ2v) is 10.8. The summed E-state index contributed by atoms with van der Waals surface area (Å²) in [5.74, 6) is 4.43. The monoisotopic (exact) mass is 489 g/mol. The molecule has 1 aromatic carbocycles. The fraction of sp³-hybridized carbons (Fsp3) is 0.577. The lowest BCUT2D eigenvalue weighted by Gasteiger charge is -2.35. The number of amides is 3. The number of rotatable bonds is 4. The number of ether oxygens (including phenoxy) is 1. The van der Waals surface area contributed by atoms with E-state index in [1.807, 2.05) is 0 Å². The molecule has 1 aliphatic heterocycles. The first-order valence-electron chi connectivity index (χ1n) is 11.6. The Morgan fingerprint density at radius 3 is 2.46 bits per heavy atom. The Morgan fingerprint density at radius 1 is 1.23 bits per heavy atom. The highest BCUT2D eigenvalue weighted by atomic mass is 19.1. The molecule has 1 heterocycles. The van der Waals surface area contributed by atoms with Gasteiger partial charge >= 0.3 is 6.09 Å². The largest absolute Gasteiger partial charge is 0.444 e. The van der Waals surface area contributed by atoms with Crippen molar-refractivity contribution in [2.45, 2.75) is 78.7 Å². The highest BCUT2D eigenvalue weighted by molar-refractivity contribution is 5.92. The van der Waals surface area contributed by atoms with Crippen LogP contribution in [0.5, 0.6) is 0 Å². The number of carbonyl (C=O) groups is 3. The molecule has 3 amide bonds. The van der Waals surface area contributed by atoms with Crippen LogP contribution in [0.2, 0.25) is 0 Å². The van der Waals surface area contributed by atoms with Gasteiger partial charge in [-0.05, 0) is 56.9 Å². The predicted molar refractivity (Wildman–Crippen MR) is 130 cm³/mol. The number of β-amino-alcohol motifs (C(OH)–C–C–N with tert-alkyl or cyclic N) is 1. The summed E-state index contributed by atoms with van der Waals surface area (Å²) < 4.78 is 18.5. The van der Waals surface area contributed by atoms with Crippen molar-refractivity contribution >= 4 is 17.9 Å². The van der Waals surface area contributed by atoms with Crippen LogP contribution in [0.15, 0.2) is 18.2 Å². The van der Waals surface area contributed by atoms with Gasteiger partial charge in [0.15, 0.2) is 0 Å². The van der Waals surface area contributed by atoms with E-state index in [4.69, 9.17) is 4.74 Å². The van der Waals surface area contributed by atoms with Gasteiger partial charge in [0, 0.05) is 18.5 Å². The van der Waals surface area contributed by atoms with E-state index in [0.29, 0.717) is 11.1 Å². The summed E-state index contributed by atoms with van der Waals surface area (Å²) in [5.41, 5.74) is -0.0868. The number of aliphatic hydroxyl groups is 1. The van der Waals surface area contributed by atoms with Gasteiger partial charge in [-0.25, -0.2) is 9.18 Å². The first-order chi connectivity index (χ1) is 16.1. The van der Waals surface area contributed by atoms with Crippen molar-refractivity contribution in [2.75, 3.05) is 13.1 Å². The van der Waals surface area contributed by atoms with E-state index in [0.717, 1.165) is 0 Å². The van der Waals surface area contributed by atoms with E-state index in [9.17, 15) is 23.9 Å². The van der Waals surface area contributed by atoms with Gasteiger partial charge in [0.05, 0.1) is 12.6 Å². The molecule has 35 heavy (non-hydrogen) atoms. The number of likely N-dealkylation sites (tertiary alicyclic amines) is 1. The average molecular weight is 490 g/mol. The van der Waals surface area contributed by atoms with Crippen LogP contribution in [0.1, 0.15) is 59.1 Å². The topological polar surface area (TPSA) is 108 Å². The van der Waals surface area contributed by atoms with Crippen molar-refractivity contribution in [3.05, 3.63) is 35.1 Å². The Hall–Kier alpha value is -3.12. The zero-order chi connectivity index (χ0) is 26.6. The molecule has 1 fully saturated rings. The second-order valence-electron chi connectivity index (χ2n) is 10.8. The van der Waals surface area contributed by atoms with Crippen molar-refractivity contribution in [3.63, 3.8) is 0 Å². The molecule has 3 N–H and O–H groups in total. The lowest BCUT2D eigenvalue weighted by Crippen LogP contribution is -2.58. The Labute approximate surface area is 206 Å². The van der Waals surface area contributed by atoms with Crippen LogP contribution in [0.3, 0.4) is 0 Å². The summed E-state index contributed by atoms with van der Waals surface area (Å²) in [6.45, 7) is 12.3. The molecule has 192 valence electrons. The molecule has 0 aliphatic carbocycles. The van der Waals surface area contributed by atoms with Crippen molar-refractivity contribution in [1.29, 1.82) is 0 Å². The van der Waals surface area contributed by atoms with E-state index in [-0.39, 0.29) is 25.3 Å². The van der Waals surface area contributed by atoms with Crippen molar-refractivity contribution in [2.24, 2.45) is 5.41 Å². The van der Waals surface area contributed by atoms with Crippen LogP contribution >= 0.6 is 0 Å². The van der Waals surface area contributed by atoms with Crippen LogP contribution < -0.4 is 10.6 Å². The third-order valence-electron chi connectivity index (χ3n) is 5.40. The first-order valence-corrected chi connectivity index (χ1v) is 11.6. The molecular formula is C26H36FN3O5. The van der Waals surface area contributed by atoms with Gasteiger partial charge in [0.1, 0.15) is 23.5 Å². The molecule has 0 aromatic heterocycles. The number of hydrogen-bond acceptors (Lipinski definition) is 5. The molecule has 0 saturated carbocycles. The Bertz CT molecular complexity index is 1020. The molecule has 1 aliphatic rings. The van der Waals surface area contributed by atoms with Gasteiger partial charge in [0.25, 0.3) is 0 Å². The van der Waals surface area contributed by atoms with Gasteiger partial charge in [-0.1, -0.05) is 32.6 Å². The van der Waals surface area contributed by atoms with Gasteiger partial charge in [-0.3, -0.25) is 9.59 Å². The van der Waals surface area contributed by atoms with E-state index in [1.165, 1.54) is 17.0 Å². The molecule has 9 heteroatoms. The summed E-state index contributed by atoms with van der Waals surface area (Å²) >= 11 is 0. The molecular weight excluding hydrogens is 453 g/mol. The van der Waals surface area contributed by atoms with Crippen LogP contribution in [0.25, 0.3) is 0 Å². The molecule has 0 spiro atoms. The summed E-state index contributed by atoms with van der Waals surface area (Å²) in [5, 5.41) is 15.5. The number of hydrogen-bond donors (Lipinski definition) is 3. The SMILES string of the molecule is Cc1cc(F)ccc1C#CCNC(=O)[C@@H]1C[C@@H](O)CN1C(=O)[C@@H](NC(=O)OC(C)(C)C)C(C)(C)C. The molecule has 0 unspecified atom stereocenters. The fourth-order valence-corrected chi connectivity index (χ4v) is 3.70. The lowest BCUT2D eigenvalue weighted by atomic mass is 9.85. The minimum atomic E-state index is -0.973. The van der Waals surface area contributed by atoms with E-state index in [1.54, 1.807) is 54.5 Å². The van der Waals surface area contributed by atoms with Crippen LogP contribution in [-0.2, 0) is 14.3 Å². The summed E-state index contributed by atoms with van der Waals surface area (Å²) in [4.78, 5) is 40.0. The highest BCUT2D eigenvalue weighted by Crippen LogP contribution is 2.26. The van der Waals surface area contributed by atoms with E-state index >= 15 is 0 Å². The van der Waals surface area contributed by atoms with Gasteiger partial charge in [0.2, 0.25) is 11.8 Å². The summed E-state index contributed by atoms with van der Waals surface area (Å²) in [6.07, 6.45) is -1.53. The Morgan fingerprint density at radius 2 is 1.89 bits per heavy atom. The smallest absolute Gasteiger partial charge is 0.408 e. The molecule has 3 atom stereocenters. The number of alkyl carbamates (subject to hydrolysis) is 1. The fourth-order valence-electron chi connectivity index (χ4n) is 3.70.